The first kappa shape index (κ1) is 15.5. The fourth-order valence-corrected chi connectivity index (χ4v) is 1.28. The molecule has 0 unspecified atom stereocenters. The number of nitrogens with one attached hydrogen (secondary N) is 1. The van der Waals surface area contributed by atoms with Crippen LogP contribution in [0.25, 0.3) is 6.08 Å². The van der Waals surface area contributed by atoms with E-state index in [9.17, 15) is 22.4 Å². The summed E-state index contributed by atoms with van der Waals surface area (Å²) < 4.78 is 48.4. The Kier molecular flexibility index (Phi) is 5.31. The molecule has 0 aliphatic heterocycles. The van der Waals surface area contributed by atoms with Gasteiger partial charge in [-0.05, 0) is 18.2 Å². The first-order valence-corrected chi connectivity index (χ1v) is 5.28. The minimum atomic E-state index is -4.55. The van der Waals surface area contributed by atoms with Crippen molar-refractivity contribution in [1.29, 1.82) is 0 Å². The number of benzene rings is 1. The molecule has 0 aliphatic carbocycles. The van der Waals surface area contributed by atoms with Crippen molar-refractivity contribution in [2.24, 2.45) is 0 Å². The summed E-state index contributed by atoms with van der Waals surface area (Å²) in [5, 5.41) is 0.0697. The third kappa shape index (κ3) is 5.71. The number of carbonyl (C=O) groups is 1. The number of carbonyl (C=O) groups excluding carboxylic acids is 1. The third-order valence-corrected chi connectivity index (χ3v) is 2.14. The molecule has 0 radical (unpaired) electrons. The van der Waals surface area contributed by atoms with E-state index in [-0.39, 0.29) is 10.6 Å². The highest BCUT2D eigenvalue weighted by molar-refractivity contribution is 6.32. The van der Waals surface area contributed by atoms with Crippen molar-refractivity contribution in [3.63, 3.8) is 0 Å². The van der Waals surface area contributed by atoms with Crippen molar-refractivity contribution >= 4 is 23.6 Å². The summed E-state index contributed by atoms with van der Waals surface area (Å²) >= 11 is 5.67. The zero-order valence-corrected chi connectivity index (χ0v) is 10.1. The molecule has 0 saturated carbocycles. The van der Waals surface area contributed by atoms with Gasteiger partial charge in [-0.1, -0.05) is 17.7 Å². The van der Waals surface area contributed by atoms with Crippen LogP contribution in [0.2, 0.25) is 5.02 Å². The minimum Gasteiger partial charge on any atom is -0.268 e. The number of alkyl halides is 3. The molecule has 3 nitrogen and oxygen atoms in total. The van der Waals surface area contributed by atoms with Crippen molar-refractivity contribution in [2.75, 3.05) is 6.61 Å². The molecular formula is C11H8ClF4NO2. The molecule has 1 aromatic carbocycles. The van der Waals surface area contributed by atoms with Gasteiger partial charge in [0.2, 0.25) is 0 Å². The van der Waals surface area contributed by atoms with Gasteiger partial charge >= 0.3 is 6.18 Å². The molecule has 1 N–H and O–H groups in total. The monoisotopic (exact) mass is 297 g/mol. The van der Waals surface area contributed by atoms with Crippen molar-refractivity contribution in [1.82, 2.24) is 5.48 Å². The zero-order valence-electron chi connectivity index (χ0n) is 9.30. The van der Waals surface area contributed by atoms with Crippen molar-refractivity contribution in [2.45, 2.75) is 6.18 Å². The number of hydrogen-bond acceptors (Lipinski definition) is 2. The van der Waals surface area contributed by atoms with E-state index in [2.05, 4.69) is 4.84 Å². The van der Waals surface area contributed by atoms with Gasteiger partial charge in [0.05, 0.1) is 5.02 Å². The van der Waals surface area contributed by atoms with Gasteiger partial charge in [0, 0.05) is 11.6 Å². The largest absolute Gasteiger partial charge is 0.414 e. The molecule has 19 heavy (non-hydrogen) atoms. The highest BCUT2D eigenvalue weighted by atomic mass is 35.5. The molecule has 0 saturated heterocycles. The molecule has 0 atom stereocenters. The molecule has 0 heterocycles. The van der Waals surface area contributed by atoms with Crippen LogP contribution in [0.3, 0.4) is 0 Å². The summed E-state index contributed by atoms with van der Waals surface area (Å²) in [6, 6.07) is 3.91. The Balaban J connectivity index is 2.55. The van der Waals surface area contributed by atoms with E-state index in [1.54, 1.807) is 0 Å². The molecule has 0 bridgehead atoms. The summed E-state index contributed by atoms with van der Waals surface area (Å²) in [6.45, 7) is -1.62. The summed E-state index contributed by atoms with van der Waals surface area (Å²) in [6.07, 6.45) is -2.71. The Morgan fingerprint density at radius 1 is 1.42 bits per heavy atom. The molecule has 0 spiro atoms. The van der Waals surface area contributed by atoms with Gasteiger partial charge in [0.25, 0.3) is 5.91 Å². The van der Waals surface area contributed by atoms with Crippen molar-refractivity contribution in [3.8, 4) is 0 Å². The highest BCUT2D eigenvalue weighted by Crippen LogP contribution is 2.20. The minimum absolute atomic E-state index is 0.0462. The average Bonchev–Trinajstić information content (AvgIpc) is 2.26. The normalized spacial score (nSPS) is 11.8. The molecule has 0 aromatic heterocycles. The van der Waals surface area contributed by atoms with Crippen LogP contribution in [0.5, 0.6) is 0 Å². The van der Waals surface area contributed by atoms with Crippen molar-refractivity contribution < 1.29 is 27.2 Å². The molecular weight excluding hydrogens is 290 g/mol. The maximum Gasteiger partial charge on any atom is 0.414 e. The zero-order chi connectivity index (χ0) is 14.5. The highest BCUT2D eigenvalue weighted by Gasteiger charge is 2.28. The predicted molar refractivity (Wildman–Crippen MR) is 60.6 cm³/mol. The van der Waals surface area contributed by atoms with Crippen LogP contribution in [0.15, 0.2) is 24.3 Å². The number of halogens is 5. The number of rotatable bonds is 4. The molecule has 0 aliphatic rings. The molecule has 1 rings (SSSR count). The van der Waals surface area contributed by atoms with Gasteiger partial charge in [-0.2, -0.15) is 13.2 Å². The predicted octanol–water partition coefficient (Wildman–Crippen LogP) is 3.10. The van der Waals surface area contributed by atoms with Crippen molar-refractivity contribution in [3.05, 3.63) is 40.7 Å². The number of hydroxylamine groups is 1. The maximum atomic E-state index is 13.3. The first-order valence-electron chi connectivity index (χ1n) is 4.90. The van der Waals surface area contributed by atoms with Crippen LogP contribution in [0, 0.1) is 5.82 Å². The number of amides is 1. The lowest BCUT2D eigenvalue weighted by molar-refractivity contribution is -0.190. The van der Waals surface area contributed by atoms with Gasteiger partial charge in [0.1, 0.15) is 5.82 Å². The average molecular weight is 298 g/mol. The van der Waals surface area contributed by atoms with Gasteiger partial charge < -0.3 is 0 Å². The topological polar surface area (TPSA) is 38.3 Å². The Bertz CT molecular complexity index is 468. The fraction of sp³-hybridized carbons (Fsp3) is 0.182. The van der Waals surface area contributed by atoms with E-state index in [0.717, 1.165) is 18.2 Å². The van der Waals surface area contributed by atoms with Gasteiger partial charge in [0.15, 0.2) is 6.61 Å². The third-order valence-electron chi connectivity index (χ3n) is 1.81. The SMILES string of the molecule is O=C(/C=C/c1c(F)cccc1Cl)NOCC(F)(F)F. The second kappa shape index (κ2) is 6.53. The second-order valence-electron chi connectivity index (χ2n) is 3.34. The Hall–Kier alpha value is -1.60. The van der Waals surface area contributed by atoms with Crippen LogP contribution in [0.4, 0.5) is 17.6 Å². The lowest BCUT2D eigenvalue weighted by atomic mass is 10.2. The lowest BCUT2D eigenvalue weighted by Crippen LogP contribution is -2.28. The first-order chi connectivity index (χ1) is 8.79. The van der Waals surface area contributed by atoms with Crippen LogP contribution in [0.1, 0.15) is 5.56 Å². The van der Waals surface area contributed by atoms with E-state index in [0.29, 0.717) is 0 Å². The lowest BCUT2D eigenvalue weighted by Gasteiger charge is -2.06. The fourth-order valence-electron chi connectivity index (χ4n) is 1.05. The van der Waals surface area contributed by atoms with Gasteiger partial charge in [-0.25, -0.2) is 9.87 Å². The Labute approximate surface area is 110 Å². The molecule has 1 amide bonds. The molecule has 104 valence electrons. The van der Waals surface area contributed by atoms with E-state index in [4.69, 9.17) is 11.6 Å². The van der Waals surface area contributed by atoms with Crippen LogP contribution in [-0.2, 0) is 9.63 Å². The second-order valence-corrected chi connectivity index (χ2v) is 3.75. The van der Waals surface area contributed by atoms with Crippen LogP contribution < -0.4 is 5.48 Å². The van der Waals surface area contributed by atoms with E-state index >= 15 is 0 Å². The summed E-state index contributed by atoms with van der Waals surface area (Å²) in [4.78, 5) is 15.0. The van der Waals surface area contributed by atoms with Crippen LogP contribution in [-0.4, -0.2) is 18.7 Å². The maximum absolute atomic E-state index is 13.3. The molecule has 1 aromatic rings. The van der Waals surface area contributed by atoms with Gasteiger partial charge in [-0.15, -0.1) is 0 Å². The van der Waals surface area contributed by atoms with E-state index in [1.807, 2.05) is 0 Å². The standard InChI is InChI=1S/C11H8ClF4NO2/c12-8-2-1-3-9(13)7(8)4-5-10(18)17-19-6-11(14,15)16/h1-5H,6H2,(H,17,18)/b5-4+. The van der Waals surface area contributed by atoms with Gasteiger partial charge in [-0.3, -0.25) is 9.63 Å². The smallest absolute Gasteiger partial charge is 0.268 e. The molecule has 0 fully saturated rings. The Morgan fingerprint density at radius 2 is 2.11 bits per heavy atom. The van der Waals surface area contributed by atoms with E-state index < -0.39 is 24.5 Å². The Morgan fingerprint density at radius 3 is 2.68 bits per heavy atom. The summed E-state index contributed by atoms with van der Waals surface area (Å²) in [5.41, 5.74) is 1.49. The quantitative estimate of drug-likeness (QED) is 0.527. The summed E-state index contributed by atoms with van der Waals surface area (Å²) in [5.74, 6) is -1.63. The van der Waals surface area contributed by atoms with Crippen LogP contribution >= 0.6 is 11.6 Å². The van der Waals surface area contributed by atoms with E-state index in [1.165, 1.54) is 17.6 Å². The molecule has 8 heteroatoms. The summed E-state index contributed by atoms with van der Waals surface area (Å²) in [7, 11) is 0. The number of hydrogen-bond donors (Lipinski definition) is 1.